The minimum absolute atomic E-state index is 0.275. The van der Waals surface area contributed by atoms with E-state index < -0.39 is 0 Å². The third-order valence-corrected chi connectivity index (χ3v) is 3.80. The number of amides is 1. The summed E-state index contributed by atoms with van der Waals surface area (Å²) < 4.78 is 6.84. The summed E-state index contributed by atoms with van der Waals surface area (Å²) in [6.07, 6.45) is 6.96. The largest absolute Gasteiger partial charge is 0.435 e. The lowest BCUT2D eigenvalue weighted by Crippen LogP contribution is -2.38. The fraction of sp³-hybridized carbons (Fsp3) is 0.417. The Morgan fingerprint density at radius 2 is 2.21 bits per heavy atom. The first-order valence-corrected chi connectivity index (χ1v) is 6.69. The van der Waals surface area contributed by atoms with E-state index in [-0.39, 0.29) is 6.09 Å². The average molecular weight is 278 g/mol. The Morgan fingerprint density at radius 1 is 1.42 bits per heavy atom. The maximum Gasteiger partial charge on any atom is 0.411 e. The number of likely N-dealkylation sites (tertiary alicyclic amines) is 1. The van der Waals surface area contributed by atoms with Gasteiger partial charge in [0.05, 0.1) is 27.5 Å². The van der Waals surface area contributed by atoms with Crippen LogP contribution in [0.25, 0.3) is 11.0 Å². The number of aromatic nitrogens is 3. The summed E-state index contributed by atoms with van der Waals surface area (Å²) in [5.41, 5.74) is 2.01. The average Bonchev–Trinajstić information content (AvgIpc) is 2.90. The van der Waals surface area contributed by atoms with Crippen LogP contribution in [0.3, 0.4) is 0 Å². The van der Waals surface area contributed by atoms with E-state index in [1.807, 2.05) is 21.9 Å². The van der Waals surface area contributed by atoms with Gasteiger partial charge in [-0.2, -0.15) is 0 Å². The van der Waals surface area contributed by atoms with Gasteiger partial charge in [-0.25, -0.2) is 9.78 Å². The number of pyridine rings is 1. The first-order chi connectivity index (χ1) is 9.29. The van der Waals surface area contributed by atoms with Crippen molar-refractivity contribution in [2.75, 3.05) is 13.1 Å². The monoisotopic (exact) mass is 278 g/mol. The van der Waals surface area contributed by atoms with Crippen molar-refractivity contribution < 1.29 is 9.32 Å². The maximum absolute atomic E-state index is 11.4. The summed E-state index contributed by atoms with van der Waals surface area (Å²) in [4.78, 5) is 21.6. The predicted molar refractivity (Wildman–Crippen MR) is 73.6 cm³/mol. The second-order valence-electron chi connectivity index (χ2n) is 4.62. The van der Waals surface area contributed by atoms with Crippen molar-refractivity contribution in [3.63, 3.8) is 0 Å². The van der Waals surface area contributed by atoms with Gasteiger partial charge in [0.2, 0.25) is 0 Å². The van der Waals surface area contributed by atoms with Crippen LogP contribution in [0, 0.1) is 0 Å². The summed E-state index contributed by atoms with van der Waals surface area (Å²) in [6.45, 7) is 1.42. The Bertz CT molecular complexity index is 592. The quantitative estimate of drug-likeness (QED) is 0.748. The molecular formula is C12H15N4O2P. The van der Waals surface area contributed by atoms with Crippen LogP contribution in [0.1, 0.15) is 18.9 Å². The van der Waals surface area contributed by atoms with Crippen LogP contribution in [-0.4, -0.2) is 38.6 Å². The molecule has 0 bridgehead atoms. The molecule has 1 saturated heterocycles. The molecule has 7 heteroatoms. The summed E-state index contributed by atoms with van der Waals surface area (Å²) >= 11 is 0. The number of hydrogen-bond acceptors (Lipinski definition) is 4. The maximum atomic E-state index is 11.4. The molecule has 100 valence electrons. The minimum Gasteiger partial charge on any atom is -0.435 e. The smallest absolute Gasteiger partial charge is 0.411 e. The fourth-order valence-corrected chi connectivity index (χ4v) is 2.72. The molecule has 19 heavy (non-hydrogen) atoms. The SMILES string of the molecule is O=C(OP)N1CCC(n2cnc3cnccc32)CC1. The zero-order chi connectivity index (χ0) is 13.2. The van der Waals surface area contributed by atoms with E-state index >= 15 is 0 Å². The van der Waals surface area contributed by atoms with E-state index in [1.54, 1.807) is 17.3 Å². The number of imidazole rings is 1. The first-order valence-electron chi connectivity index (χ1n) is 6.22. The van der Waals surface area contributed by atoms with Crippen molar-refractivity contribution in [3.8, 4) is 0 Å². The number of nitrogens with zero attached hydrogens (tertiary/aromatic N) is 4. The van der Waals surface area contributed by atoms with Crippen molar-refractivity contribution in [2.24, 2.45) is 0 Å². The lowest BCUT2D eigenvalue weighted by atomic mass is 10.1. The van der Waals surface area contributed by atoms with Gasteiger partial charge < -0.3 is 14.0 Å². The Labute approximate surface area is 113 Å². The lowest BCUT2D eigenvalue weighted by Gasteiger charge is -2.31. The van der Waals surface area contributed by atoms with E-state index in [1.165, 1.54) is 0 Å². The third kappa shape index (κ3) is 2.28. The van der Waals surface area contributed by atoms with Crippen molar-refractivity contribution in [2.45, 2.75) is 18.9 Å². The normalized spacial score (nSPS) is 16.8. The molecule has 0 radical (unpaired) electrons. The number of hydrogen-bond donors (Lipinski definition) is 0. The van der Waals surface area contributed by atoms with Gasteiger partial charge in [-0.1, -0.05) is 0 Å². The number of piperidine rings is 1. The number of rotatable bonds is 1. The second-order valence-corrected chi connectivity index (χ2v) is 4.85. The minimum atomic E-state index is -0.275. The zero-order valence-electron chi connectivity index (χ0n) is 10.4. The Balaban J connectivity index is 1.77. The van der Waals surface area contributed by atoms with Gasteiger partial charge in [0.1, 0.15) is 5.52 Å². The topological polar surface area (TPSA) is 60.2 Å². The van der Waals surface area contributed by atoms with Crippen LogP contribution in [0.5, 0.6) is 0 Å². The molecule has 2 aromatic rings. The molecular weight excluding hydrogens is 263 g/mol. The molecule has 3 rings (SSSR count). The van der Waals surface area contributed by atoms with Crippen LogP contribution in [0.15, 0.2) is 24.8 Å². The van der Waals surface area contributed by atoms with Gasteiger partial charge in [-0.15, -0.1) is 0 Å². The van der Waals surface area contributed by atoms with E-state index in [0.717, 1.165) is 23.9 Å². The van der Waals surface area contributed by atoms with Crippen LogP contribution in [0.2, 0.25) is 0 Å². The van der Waals surface area contributed by atoms with Crippen LogP contribution in [0.4, 0.5) is 4.79 Å². The van der Waals surface area contributed by atoms with E-state index in [0.29, 0.717) is 19.1 Å². The molecule has 1 unspecified atom stereocenters. The molecule has 0 aromatic carbocycles. The molecule has 0 N–H and O–H groups in total. The van der Waals surface area contributed by atoms with Crippen LogP contribution in [-0.2, 0) is 4.52 Å². The molecule has 0 aliphatic carbocycles. The molecule has 2 aromatic heterocycles. The Kier molecular flexibility index (Phi) is 3.34. The predicted octanol–water partition coefficient (Wildman–Crippen LogP) is 1.99. The van der Waals surface area contributed by atoms with Gasteiger partial charge in [0.15, 0.2) is 0 Å². The van der Waals surface area contributed by atoms with Gasteiger partial charge in [-0.3, -0.25) is 4.98 Å². The second kappa shape index (κ2) is 5.13. The van der Waals surface area contributed by atoms with Crippen molar-refractivity contribution in [1.82, 2.24) is 19.4 Å². The summed E-state index contributed by atoms with van der Waals surface area (Å²) in [7, 11) is 2.00. The van der Waals surface area contributed by atoms with Crippen LogP contribution < -0.4 is 0 Å². The van der Waals surface area contributed by atoms with E-state index in [9.17, 15) is 4.79 Å². The highest BCUT2D eigenvalue weighted by Crippen LogP contribution is 2.26. The lowest BCUT2D eigenvalue weighted by molar-refractivity contribution is 0.138. The highest BCUT2D eigenvalue weighted by atomic mass is 31.0. The third-order valence-electron chi connectivity index (χ3n) is 3.59. The van der Waals surface area contributed by atoms with Gasteiger partial charge in [0, 0.05) is 25.3 Å². The molecule has 0 spiro atoms. The van der Waals surface area contributed by atoms with E-state index in [4.69, 9.17) is 0 Å². The summed E-state index contributed by atoms with van der Waals surface area (Å²) in [5.74, 6) is 0. The number of carbonyl (C=O) groups excluding carboxylic acids is 1. The number of fused-ring (bicyclic) bond motifs is 1. The molecule has 1 aliphatic rings. The fourth-order valence-electron chi connectivity index (χ4n) is 2.58. The zero-order valence-corrected chi connectivity index (χ0v) is 11.6. The molecule has 1 aliphatic heterocycles. The molecule has 1 atom stereocenters. The summed E-state index contributed by atoms with van der Waals surface area (Å²) in [6, 6.07) is 2.35. The highest BCUT2D eigenvalue weighted by molar-refractivity contribution is 7.10. The molecule has 3 heterocycles. The Hall–Kier alpha value is -1.68. The van der Waals surface area contributed by atoms with Crippen LogP contribution >= 0.6 is 9.47 Å². The molecule has 6 nitrogen and oxygen atoms in total. The molecule has 1 amide bonds. The summed E-state index contributed by atoms with van der Waals surface area (Å²) in [5, 5.41) is 0. The van der Waals surface area contributed by atoms with Gasteiger partial charge in [-0.05, 0) is 18.9 Å². The standard InChI is InChI=1S/C12H15N4O2P/c17-12(18-19)15-5-2-9(3-6-15)16-8-14-10-7-13-4-1-11(10)16/h1,4,7-9H,2-3,5-6,19H2. The molecule has 1 fully saturated rings. The highest BCUT2D eigenvalue weighted by Gasteiger charge is 2.24. The van der Waals surface area contributed by atoms with Gasteiger partial charge in [0.25, 0.3) is 0 Å². The first kappa shape index (κ1) is 12.4. The van der Waals surface area contributed by atoms with Crippen molar-refractivity contribution in [3.05, 3.63) is 24.8 Å². The van der Waals surface area contributed by atoms with Crippen molar-refractivity contribution >= 4 is 26.6 Å². The number of carbonyl (C=O) groups is 1. The molecule has 0 saturated carbocycles. The van der Waals surface area contributed by atoms with Crippen molar-refractivity contribution in [1.29, 1.82) is 0 Å². The van der Waals surface area contributed by atoms with Gasteiger partial charge >= 0.3 is 6.09 Å². The van der Waals surface area contributed by atoms with E-state index in [2.05, 4.69) is 19.1 Å². The Morgan fingerprint density at radius 3 is 2.95 bits per heavy atom.